The molecule has 4 fully saturated rings. The average Bonchev–Trinajstić information content (AvgIpc) is 3.00. The minimum Gasteiger partial charge on any atom is -0.393 e. The van der Waals surface area contributed by atoms with Gasteiger partial charge in [0, 0.05) is 0 Å². The van der Waals surface area contributed by atoms with Crippen molar-refractivity contribution in [2.75, 3.05) is 0 Å². The van der Waals surface area contributed by atoms with Crippen LogP contribution in [0.4, 0.5) is 0 Å². The van der Waals surface area contributed by atoms with Crippen LogP contribution in [0, 0.1) is 40.4 Å². The Balaban J connectivity index is 1.53. The van der Waals surface area contributed by atoms with E-state index in [4.69, 9.17) is 0 Å². The zero-order chi connectivity index (χ0) is 21.0. The number of allylic oxidation sites excluding steroid dienone is 3. The van der Waals surface area contributed by atoms with Crippen LogP contribution in [0.3, 0.4) is 0 Å². The molecular formula is C27H44O2. The minimum atomic E-state index is -0.224. The lowest BCUT2D eigenvalue weighted by atomic mass is 9.44. The Labute approximate surface area is 178 Å². The van der Waals surface area contributed by atoms with Crippen LogP contribution in [0.5, 0.6) is 0 Å². The molecule has 2 N–H and O–H groups in total. The maximum atomic E-state index is 11.1. The minimum absolute atomic E-state index is 0.201. The molecule has 4 saturated carbocycles. The van der Waals surface area contributed by atoms with Crippen LogP contribution in [0.25, 0.3) is 0 Å². The summed E-state index contributed by atoms with van der Waals surface area (Å²) in [6.45, 7) is 14.0. The highest BCUT2D eigenvalue weighted by Crippen LogP contribution is 2.68. The molecule has 4 aliphatic carbocycles. The van der Waals surface area contributed by atoms with Gasteiger partial charge in [0.25, 0.3) is 0 Å². The van der Waals surface area contributed by atoms with E-state index in [1.807, 2.05) is 0 Å². The summed E-state index contributed by atoms with van der Waals surface area (Å²) in [7, 11) is 0. The lowest BCUT2D eigenvalue weighted by molar-refractivity contribution is -0.169. The molecule has 0 aromatic carbocycles. The van der Waals surface area contributed by atoms with Gasteiger partial charge in [-0.05, 0) is 118 Å². The van der Waals surface area contributed by atoms with E-state index in [0.717, 1.165) is 50.4 Å². The number of hydrogen-bond donors (Lipinski definition) is 2. The molecule has 2 heteroatoms. The molecule has 4 rings (SSSR count). The van der Waals surface area contributed by atoms with E-state index in [2.05, 4.69) is 40.3 Å². The van der Waals surface area contributed by atoms with Crippen molar-refractivity contribution in [2.24, 2.45) is 40.4 Å². The highest BCUT2D eigenvalue weighted by atomic mass is 16.3. The van der Waals surface area contributed by atoms with E-state index >= 15 is 0 Å². The van der Waals surface area contributed by atoms with Gasteiger partial charge in [-0.25, -0.2) is 0 Å². The second kappa shape index (κ2) is 7.83. The van der Waals surface area contributed by atoms with Crippen LogP contribution < -0.4 is 0 Å². The normalized spacial score (nSPS) is 49.0. The molecule has 29 heavy (non-hydrogen) atoms. The number of hydrogen-bond acceptors (Lipinski definition) is 2. The monoisotopic (exact) mass is 400 g/mol. The van der Waals surface area contributed by atoms with Crippen molar-refractivity contribution in [2.45, 2.75) is 104 Å². The fraction of sp³-hybridized carbons (Fsp3) is 0.852. The summed E-state index contributed by atoms with van der Waals surface area (Å²) in [6, 6.07) is 0. The molecule has 2 nitrogen and oxygen atoms in total. The fourth-order valence-electron chi connectivity index (χ4n) is 8.67. The third-order valence-corrected chi connectivity index (χ3v) is 10.2. The first-order valence-corrected chi connectivity index (χ1v) is 12.3. The van der Waals surface area contributed by atoms with Gasteiger partial charge in [0.1, 0.15) is 0 Å². The van der Waals surface area contributed by atoms with E-state index in [-0.39, 0.29) is 17.6 Å². The maximum absolute atomic E-state index is 11.1. The van der Waals surface area contributed by atoms with E-state index in [1.54, 1.807) is 0 Å². The Kier molecular flexibility index (Phi) is 5.84. The summed E-state index contributed by atoms with van der Waals surface area (Å²) in [6.07, 6.45) is 13.2. The molecule has 0 radical (unpaired) electrons. The van der Waals surface area contributed by atoms with Gasteiger partial charge in [0.2, 0.25) is 0 Å². The number of aliphatic hydroxyl groups is 2. The van der Waals surface area contributed by atoms with Crippen molar-refractivity contribution in [3.63, 3.8) is 0 Å². The van der Waals surface area contributed by atoms with Gasteiger partial charge in [-0.2, -0.15) is 0 Å². The molecule has 0 heterocycles. The number of rotatable bonds is 4. The average molecular weight is 401 g/mol. The van der Waals surface area contributed by atoms with Gasteiger partial charge in [0.15, 0.2) is 0 Å². The summed E-state index contributed by atoms with van der Waals surface area (Å²) in [5.74, 6) is 3.10. The van der Waals surface area contributed by atoms with Crippen LogP contribution >= 0.6 is 0 Å². The summed E-state index contributed by atoms with van der Waals surface area (Å²) >= 11 is 0. The molecule has 164 valence electrons. The Morgan fingerprint density at radius 3 is 2.34 bits per heavy atom. The van der Waals surface area contributed by atoms with Crippen molar-refractivity contribution >= 4 is 0 Å². The smallest absolute Gasteiger partial charge is 0.0577 e. The molecule has 9 atom stereocenters. The van der Waals surface area contributed by atoms with Crippen LogP contribution in [0.1, 0.15) is 91.9 Å². The van der Waals surface area contributed by atoms with Crippen molar-refractivity contribution in [1.82, 2.24) is 0 Å². The lowest BCUT2D eigenvalue weighted by Crippen LogP contribution is -2.58. The second-order valence-corrected chi connectivity index (χ2v) is 11.9. The topological polar surface area (TPSA) is 40.5 Å². The standard InChI is InChI=1S/C27H44O2/c1-17(2)7-6-8-18(3)21-9-10-22-20-16-25(29)24-15-19(28)11-13-27(24,5)23(20)12-14-26(21,22)4/h7,19-25,28-29H,3,6,8-16H2,1-2,4-5H3. The van der Waals surface area contributed by atoms with Crippen LogP contribution in [-0.2, 0) is 0 Å². The Morgan fingerprint density at radius 2 is 1.62 bits per heavy atom. The number of aliphatic hydroxyl groups excluding tert-OH is 2. The SMILES string of the molecule is C=C(CCC=C(C)C)C1CCC2C3CC(O)C4CC(O)CCC4(C)C3CCC12C. The number of fused-ring (bicyclic) bond motifs is 5. The highest BCUT2D eigenvalue weighted by molar-refractivity contribution is 5.17. The molecule has 0 aromatic heterocycles. The first kappa shape index (κ1) is 21.6. The molecule has 0 amide bonds. The van der Waals surface area contributed by atoms with E-state index in [9.17, 15) is 10.2 Å². The summed E-state index contributed by atoms with van der Waals surface area (Å²) in [4.78, 5) is 0. The van der Waals surface area contributed by atoms with Crippen LogP contribution in [0.15, 0.2) is 23.8 Å². The Morgan fingerprint density at radius 1 is 0.931 bits per heavy atom. The largest absolute Gasteiger partial charge is 0.393 e. The van der Waals surface area contributed by atoms with Crippen molar-refractivity contribution in [3.8, 4) is 0 Å². The Hall–Kier alpha value is -0.600. The quantitative estimate of drug-likeness (QED) is 0.545. The van der Waals surface area contributed by atoms with Crippen molar-refractivity contribution < 1.29 is 10.2 Å². The van der Waals surface area contributed by atoms with E-state index in [1.165, 1.54) is 36.8 Å². The van der Waals surface area contributed by atoms with Gasteiger partial charge in [-0.3, -0.25) is 0 Å². The zero-order valence-corrected chi connectivity index (χ0v) is 19.3. The third-order valence-electron chi connectivity index (χ3n) is 10.2. The van der Waals surface area contributed by atoms with Crippen LogP contribution in [-0.4, -0.2) is 22.4 Å². The van der Waals surface area contributed by atoms with E-state index < -0.39 is 0 Å². The first-order chi connectivity index (χ1) is 13.7. The lowest BCUT2D eigenvalue weighted by Gasteiger charge is -2.62. The van der Waals surface area contributed by atoms with Gasteiger partial charge in [-0.1, -0.05) is 37.6 Å². The second-order valence-electron chi connectivity index (χ2n) is 11.9. The predicted molar refractivity (Wildman–Crippen MR) is 120 cm³/mol. The fourth-order valence-corrected chi connectivity index (χ4v) is 8.67. The summed E-state index contributed by atoms with van der Waals surface area (Å²) in [5, 5.41) is 21.4. The van der Waals surface area contributed by atoms with Crippen molar-refractivity contribution in [3.05, 3.63) is 23.8 Å². The Bertz CT molecular complexity index is 661. The van der Waals surface area contributed by atoms with Gasteiger partial charge < -0.3 is 10.2 Å². The van der Waals surface area contributed by atoms with Gasteiger partial charge in [0.05, 0.1) is 12.2 Å². The van der Waals surface area contributed by atoms with Crippen molar-refractivity contribution in [1.29, 1.82) is 0 Å². The third kappa shape index (κ3) is 3.57. The first-order valence-electron chi connectivity index (χ1n) is 12.3. The van der Waals surface area contributed by atoms with Crippen LogP contribution in [0.2, 0.25) is 0 Å². The van der Waals surface area contributed by atoms with Gasteiger partial charge in [-0.15, -0.1) is 0 Å². The predicted octanol–water partition coefficient (Wildman–Crippen LogP) is 6.28. The molecule has 0 saturated heterocycles. The molecule has 9 unspecified atom stereocenters. The van der Waals surface area contributed by atoms with E-state index in [0.29, 0.717) is 23.2 Å². The maximum Gasteiger partial charge on any atom is 0.0577 e. The summed E-state index contributed by atoms with van der Waals surface area (Å²) in [5.41, 5.74) is 3.49. The molecule has 0 aliphatic heterocycles. The molecule has 0 bridgehead atoms. The molecular weight excluding hydrogens is 356 g/mol. The molecule has 4 aliphatic rings. The summed E-state index contributed by atoms with van der Waals surface area (Å²) < 4.78 is 0. The highest BCUT2D eigenvalue weighted by Gasteiger charge is 2.62. The molecule has 0 aromatic rings. The zero-order valence-electron chi connectivity index (χ0n) is 19.3. The van der Waals surface area contributed by atoms with Gasteiger partial charge >= 0.3 is 0 Å². The molecule has 0 spiro atoms.